The van der Waals surface area contributed by atoms with Gasteiger partial charge in [0.15, 0.2) is 0 Å². The fraction of sp³-hybridized carbons (Fsp3) is 0.286. The quantitative estimate of drug-likeness (QED) is 0.699. The predicted molar refractivity (Wildman–Crippen MR) is 108 cm³/mol. The fourth-order valence-corrected chi connectivity index (χ4v) is 3.23. The van der Waals surface area contributed by atoms with Gasteiger partial charge in [-0.15, -0.1) is 0 Å². The van der Waals surface area contributed by atoms with Crippen molar-refractivity contribution in [2.24, 2.45) is 0 Å². The van der Waals surface area contributed by atoms with Gasteiger partial charge in [0.25, 0.3) is 5.56 Å². The van der Waals surface area contributed by atoms with Crippen molar-refractivity contribution in [1.29, 1.82) is 0 Å². The molecule has 1 amide bonds. The van der Waals surface area contributed by atoms with E-state index in [1.807, 2.05) is 50.2 Å². The average molecular weight is 384 g/mol. The van der Waals surface area contributed by atoms with Crippen LogP contribution in [-0.4, -0.2) is 15.5 Å². The maximum atomic E-state index is 12.6. The Balaban J connectivity index is 1.68. The number of halogens is 1. The maximum Gasteiger partial charge on any atom is 0.261 e. The number of hydrogen-bond donors (Lipinski definition) is 1. The number of aromatic nitrogens is 2. The summed E-state index contributed by atoms with van der Waals surface area (Å²) in [5.41, 5.74) is 2.55. The van der Waals surface area contributed by atoms with Gasteiger partial charge in [0.05, 0.1) is 23.3 Å². The molecule has 6 heteroatoms. The normalized spacial score (nSPS) is 12.1. The summed E-state index contributed by atoms with van der Waals surface area (Å²) in [5.74, 6) is -0.104. The van der Waals surface area contributed by atoms with Crippen LogP contribution in [0.15, 0.2) is 53.6 Å². The topological polar surface area (TPSA) is 64.0 Å². The van der Waals surface area contributed by atoms with E-state index in [0.717, 1.165) is 17.5 Å². The number of carbonyl (C=O) groups excluding carboxylic acids is 1. The highest BCUT2D eigenvalue weighted by molar-refractivity contribution is 6.30. The minimum atomic E-state index is -0.124. The number of nitrogens with zero attached hydrogens (tertiary/aromatic N) is 2. The van der Waals surface area contributed by atoms with E-state index in [1.54, 1.807) is 6.07 Å². The minimum absolute atomic E-state index is 0.0798. The number of hydrogen-bond acceptors (Lipinski definition) is 3. The summed E-state index contributed by atoms with van der Waals surface area (Å²) in [4.78, 5) is 29.4. The molecular weight excluding hydrogens is 362 g/mol. The van der Waals surface area contributed by atoms with Crippen molar-refractivity contribution < 1.29 is 4.79 Å². The summed E-state index contributed by atoms with van der Waals surface area (Å²) in [7, 11) is 0. The van der Waals surface area contributed by atoms with Gasteiger partial charge >= 0.3 is 0 Å². The third-order valence-corrected chi connectivity index (χ3v) is 4.90. The molecule has 1 atom stereocenters. The Labute approximate surface area is 163 Å². The van der Waals surface area contributed by atoms with Crippen molar-refractivity contribution in [2.75, 3.05) is 0 Å². The highest BCUT2D eigenvalue weighted by atomic mass is 35.5. The van der Waals surface area contributed by atoms with Crippen molar-refractivity contribution in [1.82, 2.24) is 14.9 Å². The van der Waals surface area contributed by atoms with Crippen LogP contribution in [0.1, 0.15) is 36.9 Å². The van der Waals surface area contributed by atoms with Crippen molar-refractivity contribution in [3.8, 4) is 0 Å². The molecule has 0 spiro atoms. The van der Waals surface area contributed by atoms with Crippen LogP contribution >= 0.6 is 11.6 Å². The lowest BCUT2D eigenvalue weighted by atomic mass is 10.0. The Kier molecular flexibility index (Phi) is 5.91. The van der Waals surface area contributed by atoms with Gasteiger partial charge in [-0.1, -0.05) is 42.8 Å². The smallest absolute Gasteiger partial charge is 0.261 e. The Morgan fingerprint density at radius 3 is 2.67 bits per heavy atom. The van der Waals surface area contributed by atoms with E-state index >= 15 is 0 Å². The van der Waals surface area contributed by atoms with Crippen LogP contribution in [0, 0.1) is 6.92 Å². The zero-order chi connectivity index (χ0) is 19.4. The fourth-order valence-electron chi connectivity index (χ4n) is 3.10. The third kappa shape index (κ3) is 4.37. The van der Waals surface area contributed by atoms with Crippen LogP contribution < -0.4 is 10.9 Å². The summed E-state index contributed by atoms with van der Waals surface area (Å²) in [6.07, 6.45) is 2.49. The highest BCUT2D eigenvalue weighted by Gasteiger charge is 2.13. The number of rotatable bonds is 6. The minimum Gasteiger partial charge on any atom is -0.349 e. The highest BCUT2D eigenvalue weighted by Crippen LogP contribution is 2.19. The van der Waals surface area contributed by atoms with Gasteiger partial charge in [-0.2, -0.15) is 0 Å². The summed E-state index contributed by atoms with van der Waals surface area (Å²) in [6, 6.07) is 12.9. The molecule has 1 unspecified atom stereocenters. The molecule has 0 bridgehead atoms. The van der Waals surface area contributed by atoms with Crippen LogP contribution in [0.3, 0.4) is 0 Å². The number of nitrogens with one attached hydrogen (secondary N) is 1. The molecular formula is C21H22ClN3O2. The zero-order valence-corrected chi connectivity index (χ0v) is 16.2. The van der Waals surface area contributed by atoms with Crippen LogP contribution in [0.25, 0.3) is 10.9 Å². The molecule has 0 radical (unpaired) electrons. The van der Waals surface area contributed by atoms with Crippen LogP contribution in [0.4, 0.5) is 0 Å². The van der Waals surface area contributed by atoms with Gasteiger partial charge in [0.1, 0.15) is 0 Å². The molecule has 0 aliphatic heterocycles. The van der Waals surface area contributed by atoms with Gasteiger partial charge in [0.2, 0.25) is 5.91 Å². The van der Waals surface area contributed by atoms with Crippen molar-refractivity contribution in [2.45, 2.75) is 39.3 Å². The van der Waals surface area contributed by atoms with E-state index in [0.29, 0.717) is 22.5 Å². The molecule has 2 aromatic carbocycles. The molecule has 0 aliphatic carbocycles. The molecule has 1 aromatic heterocycles. The number of benzene rings is 2. The van der Waals surface area contributed by atoms with E-state index in [9.17, 15) is 9.59 Å². The van der Waals surface area contributed by atoms with E-state index in [4.69, 9.17) is 11.6 Å². The lowest BCUT2D eigenvalue weighted by Crippen LogP contribution is -2.30. The molecule has 0 aliphatic rings. The van der Waals surface area contributed by atoms with Gasteiger partial charge < -0.3 is 5.32 Å². The number of amides is 1. The lowest BCUT2D eigenvalue weighted by molar-refractivity contribution is -0.122. The van der Waals surface area contributed by atoms with E-state index in [-0.39, 0.29) is 23.9 Å². The molecule has 27 heavy (non-hydrogen) atoms. The Morgan fingerprint density at radius 1 is 1.22 bits per heavy atom. The van der Waals surface area contributed by atoms with Gasteiger partial charge in [-0.3, -0.25) is 14.2 Å². The molecule has 5 nitrogen and oxygen atoms in total. The number of carbonyl (C=O) groups is 1. The molecule has 3 rings (SSSR count). The van der Waals surface area contributed by atoms with Gasteiger partial charge in [0, 0.05) is 18.0 Å². The predicted octanol–water partition coefficient (Wildman–Crippen LogP) is 4.02. The monoisotopic (exact) mass is 383 g/mol. The zero-order valence-electron chi connectivity index (χ0n) is 15.4. The third-order valence-electron chi connectivity index (χ3n) is 4.65. The van der Waals surface area contributed by atoms with Crippen molar-refractivity contribution >= 4 is 28.4 Å². The average Bonchev–Trinajstić information content (AvgIpc) is 2.67. The standard InChI is InChI=1S/C21H22ClN3O2/c1-3-18(15-7-9-16(22)10-8-15)24-19(26)11-12-25-13-23-20-14(2)5-4-6-17(20)21(25)27/h4-10,13,18H,3,11-12H2,1-2H3,(H,24,26). The summed E-state index contributed by atoms with van der Waals surface area (Å²) < 4.78 is 1.49. The summed E-state index contributed by atoms with van der Waals surface area (Å²) in [5, 5.41) is 4.26. The number of fused-ring (bicyclic) bond motifs is 1. The molecule has 0 fully saturated rings. The van der Waals surface area contributed by atoms with Crippen LogP contribution in [0.5, 0.6) is 0 Å². The van der Waals surface area contributed by atoms with E-state index in [1.165, 1.54) is 10.9 Å². The lowest BCUT2D eigenvalue weighted by Gasteiger charge is -2.18. The largest absolute Gasteiger partial charge is 0.349 e. The summed E-state index contributed by atoms with van der Waals surface area (Å²) in [6.45, 7) is 4.23. The first-order valence-electron chi connectivity index (χ1n) is 8.99. The Morgan fingerprint density at radius 2 is 1.96 bits per heavy atom. The van der Waals surface area contributed by atoms with Gasteiger partial charge in [-0.05, 0) is 42.7 Å². The Bertz CT molecular complexity index is 1010. The first kappa shape index (κ1) is 19.1. The van der Waals surface area contributed by atoms with E-state index < -0.39 is 0 Å². The molecule has 0 saturated carbocycles. The molecule has 140 valence electrons. The Hall–Kier alpha value is -2.66. The van der Waals surface area contributed by atoms with Crippen molar-refractivity contribution in [3.63, 3.8) is 0 Å². The van der Waals surface area contributed by atoms with Crippen LogP contribution in [-0.2, 0) is 11.3 Å². The van der Waals surface area contributed by atoms with Gasteiger partial charge in [-0.25, -0.2) is 4.98 Å². The first-order valence-corrected chi connectivity index (χ1v) is 9.37. The molecule has 0 saturated heterocycles. The second-order valence-corrected chi connectivity index (χ2v) is 6.98. The SMILES string of the molecule is CCC(NC(=O)CCn1cnc2c(C)cccc2c1=O)c1ccc(Cl)cc1. The first-order chi connectivity index (χ1) is 13.0. The molecule has 3 aromatic rings. The van der Waals surface area contributed by atoms with Crippen LogP contribution in [0.2, 0.25) is 5.02 Å². The second kappa shape index (κ2) is 8.35. The van der Waals surface area contributed by atoms with Crippen molar-refractivity contribution in [3.05, 3.63) is 75.3 Å². The van der Waals surface area contributed by atoms with E-state index in [2.05, 4.69) is 10.3 Å². The maximum absolute atomic E-state index is 12.6. The second-order valence-electron chi connectivity index (χ2n) is 6.54. The summed E-state index contributed by atoms with van der Waals surface area (Å²) >= 11 is 5.92. The number of aryl methyl sites for hydroxylation is 2. The molecule has 1 N–H and O–H groups in total. The number of para-hydroxylation sites is 1. The molecule has 1 heterocycles.